The zero-order chi connectivity index (χ0) is 15.4. The Balaban J connectivity index is 1.79. The molecular formula is C20H20O2. The summed E-state index contributed by atoms with van der Waals surface area (Å²) in [5, 5.41) is 0. The molecule has 0 saturated carbocycles. The number of hydrogen-bond donors (Lipinski definition) is 0. The summed E-state index contributed by atoms with van der Waals surface area (Å²) in [5.41, 5.74) is 4.59. The molecule has 1 heterocycles. The van der Waals surface area contributed by atoms with E-state index in [1.165, 1.54) is 11.1 Å². The average molecular weight is 292 g/mol. The van der Waals surface area contributed by atoms with Gasteiger partial charge in [0.2, 0.25) is 0 Å². The highest BCUT2D eigenvalue weighted by Gasteiger charge is 2.18. The van der Waals surface area contributed by atoms with E-state index in [9.17, 15) is 0 Å². The molecule has 2 nitrogen and oxygen atoms in total. The van der Waals surface area contributed by atoms with Crippen LogP contribution in [-0.4, -0.2) is 19.3 Å². The molecule has 0 aromatic heterocycles. The molecule has 2 aromatic rings. The van der Waals surface area contributed by atoms with Crippen molar-refractivity contribution in [3.8, 4) is 28.7 Å². The number of hydrogen-bond acceptors (Lipinski definition) is 2. The van der Waals surface area contributed by atoms with Gasteiger partial charge in [-0.3, -0.25) is 0 Å². The lowest BCUT2D eigenvalue weighted by atomic mass is 10.0. The first-order valence-electron chi connectivity index (χ1n) is 7.64. The summed E-state index contributed by atoms with van der Waals surface area (Å²) < 4.78 is 11.4. The van der Waals surface area contributed by atoms with Crippen LogP contribution in [0.1, 0.15) is 24.5 Å². The van der Waals surface area contributed by atoms with E-state index >= 15 is 0 Å². The Hall–Kier alpha value is -2.24. The smallest absolute Gasteiger partial charge is 0.124 e. The highest BCUT2D eigenvalue weighted by Crippen LogP contribution is 2.28. The van der Waals surface area contributed by atoms with Crippen LogP contribution in [0.2, 0.25) is 0 Å². The largest absolute Gasteiger partial charge is 0.488 e. The van der Waals surface area contributed by atoms with E-state index in [1.807, 2.05) is 6.92 Å². The maximum Gasteiger partial charge on any atom is 0.124 e. The van der Waals surface area contributed by atoms with Gasteiger partial charge < -0.3 is 9.47 Å². The molecule has 2 heteroatoms. The third-order valence-electron chi connectivity index (χ3n) is 3.84. The van der Waals surface area contributed by atoms with Gasteiger partial charge in [-0.1, -0.05) is 24.1 Å². The summed E-state index contributed by atoms with van der Waals surface area (Å²) in [6, 6.07) is 14.7. The fourth-order valence-corrected chi connectivity index (χ4v) is 2.64. The van der Waals surface area contributed by atoms with Gasteiger partial charge in [-0.2, -0.15) is 0 Å². The van der Waals surface area contributed by atoms with Gasteiger partial charge in [-0.15, -0.1) is 5.92 Å². The first kappa shape index (κ1) is 14.7. The van der Waals surface area contributed by atoms with Crippen molar-refractivity contribution in [3.05, 3.63) is 53.6 Å². The van der Waals surface area contributed by atoms with Gasteiger partial charge in [0, 0.05) is 12.0 Å². The van der Waals surface area contributed by atoms with E-state index in [4.69, 9.17) is 9.47 Å². The Morgan fingerprint density at radius 1 is 1.09 bits per heavy atom. The van der Waals surface area contributed by atoms with Gasteiger partial charge in [-0.05, 0) is 54.8 Å². The van der Waals surface area contributed by atoms with Crippen LogP contribution in [0.25, 0.3) is 11.1 Å². The van der Waals surface area contributed by atoms with Gasteiger partial charge in [0.25, 0.3) is 0 Å². The van der Waals surface area contributed by atoms with Gasteiger partial charge in [0.15, 0.2) is 0 Å². The fraction of sp³-hybridized carbons (Fsp3) is 0.300. The lowest BCUT2D eigenvalue weighted by Crippen LogP contribution is -2.16. The van der Waals surface area contributed by atoms with Gasteiger partial charge in [-0.25, -0.2) is 0 Å². The third-order valence-corrected chi connectivity index (χ3v) is 3.84. The molecule has 0 radical (unpaired) electrons. The topological polar surface area (TPSA) is 18.5 Å². The number of benzene rings is 2. The predicted octanol–water partition coefficient (Wildman–Crippen LogP) is 4.20. The summed E-state index contributed by atoms with van der Waals surface area (Å²) in [6.45, 7) is 5.44. The molecule has 1 aliphatic heterocycles. The van der Waals surface area contributed by atoms with Crippen LogP contribution in [0.5, 0.6) is 5.75 Å². The average Bonchev–Trinajstić information content (AvgIpc) is 3.03. The van der Waals surface area contributed by atoms with Gasteiger partial charge >= 0.3 is 0 Å². The monoisotopic (exact) mass is 292 g/mol. The quantitative estimate of drug-likeness (QED) is 0.789. The molecule has 2 aromatic carbocycles. The highest BCUT2D eigenvalue weighted by atomic mass is 16.5. The fourth-order valence-electron chi connectivity index (χ4n) is 2.64. The lowest BCUT2D eigenvalue weighted by Gasteiger charge is -2.15. The lowest BCUT2D eigenvalue weighted by molar-refractivity contribution is 0.141. The van der Waals surface area contributed by atoms with Crippen molar-refractivity contribution in [3.63, 3.8) is 0 Å². The van der Waals surface area contributed by atoms with Crippen LogP contribution >= 0.6 is 0 Å². The molecule has 3 rings (SSSR count). The van der Waals surface area contributed by atoms with Crippen molar-refractivity contribution in [1.29, 1.82) is 0 Å². The normalized spacial score (nSPS) is 16.9. The Kier molecular flexibility index (Phi) is 4.46. The van der Waals surface area contributed by atoms with Crippen molar-refractivity contribution in [1.82, 2.24) is 0 Å². The molecule has 0 amide bonds. The molecule has 1 fully saturated rings. The predicted molar refractivity (Wildman–Crippen MR) is 89.0 cm³/mol. The summed E-state index contributed by atoms with van der Waals surface area (Å²) in [7, 11) is 0. The molecule has 0 spiro atoms. The maximum absolute atomic E-state index is 6.00. The Bertz CT molecular complexity index is 699. The maximum atomic E-state index is 6.00. The number of ether oxygens (including phenoxy) is 2. The summed E-state index contributed by atoms with van der Waals surface area (Å²) in [5.74, 6) is 6.93. The molecule has 22 heavy (non-hydrogen) atoms. The number of rotatable bonds is 3. The minimum absolute atomic E-state index is 0.191. The van der Waals surface area contributed by atoms with Crippen molar-refractivity contribution >= 4 is 0 Å². The highest BCUT2D eigenvalue weighted by molar-refractivity contribution is 5.66. The Labute approximate surface area is 132 Å². The van der Waals surface area contributed by atoms with E-state index in [-0.39, 0.29) is 6.10 Å². The number of aryl methyl sites for hydroxylation is 1. The Morgan fingerprint density at radius 2 is 1.86 bits per heavy atom. The second-order valence-electron chi connectivity index (χ2n) is 5.54. The molecule has 1 aliphatic rings. The second-order valence-corrected chi connectivity index (χ2v) is 5.54. The van der Waals surface area contributed by atoms with Crippen molar-refractivity contribution in [2.45, 2.75) is 26.4 Å². The zero-order valence-electron chi connectivity index (χ0n) is 13.1. The van der Waals surface area contributed by atoms with Crippen molar-refractivity contribution in [2.75, 3.05) is 13.2 Å². The third kappa shape index (κ3) is 3.32. The van der Waals surface area contributed by atoms with Crippen molar-refractivity contribution in [2.24, 2.45) is 0 Å². The Morgan fingerprint density at radius 3 is 2.50 bits per heavy atom. The first-order valence-corrected chi connectivity index (χ1v) is 7.64. The van der Waals surface area contributed by atoms with E-state index in [2.05, 4.69) is 61.2 Å². The SMILES string of the molecule is CC#Cc1ccc(-c2ccc(OC3CCOC3)c(C)c2)cc1. The molecule has 1 saturated heterocycles. The van der Waals surface area contributed by atoms with E-state index < -0.39 is 0 Å². The van der Waals surface area contributed by atoms with E-state index in [0.717, 1.165) is 29.9 Å². The molecular weight excluding hydrogens is 272 g/mol. The molecule has 0 aliphatic carbocycles. The van der Waals surface area contributed by atoms with Crippen molar-refractivity contribution < 1.29 is 9.47 Å². The first-order chi connectivity index (χ1) is 10.8. The minimum atomic E-state index is 0.191. The van der Waals surface area contributed by atoms with Gasteiger partial charge in [0.1, 0.15) is 11.9 Å². The summed E-state index contributed by atoms with van der Waals surface area (Å²) in [6.07, 6.45) is 1.16. The van der Waals surface area contributed by atoms with Crippen LogP contribution in [0, 0.1) is 18.8 Å². The van der Waals surface area contributed by atoms with Gasteiger partial charge in [0.05, 0.1) is 13.2 Å². The zero-order valence-corrected chi connectivity index (χ0v) is 13.1. The van der Waals surface area contributed by atoms with E-state index in [0.29, 0.717) is 6.61 Å². The molecule has 1 atom stereocenters. The van der Waals surface area contributed by atoms with Crippen LogP contribution in [-0.2, 0) is 4.74 Å². The second kappa shape index (κ2) is 6.68. The molecule has 0 N–H and O–H groups in total. The summed E-state index contributed by atoms with van der Waals surface area (Å²) >= 11 is 0. The molecule has 0 bridgehead atoms. The van der Waals surface area contributed by atoms with Crippen LogP contribution < -0.4 is 4.74 Å². The van der Waals surface area contributed by atoms with E-state index in [1.54, 1.807) is 0 Å². The standard InChI is InChI=1S/C20H20O2/c1-3-4-16-5-7-17(8-6-16)18-9-10-20(15(2)13-18)22-19-11-12-21-14-19/h5-10,13,19H,11-12,14H2,1-2H3. The van der Waals surface area contributed by atoms with Crippen LogP contribution in [0.4, 0.5) is 0 Å². The molecule has 112 valence electrons. The van der Waals surface area contributed by atoms with Crippen LogP contribution in [0.3, 0.4) is 0 Å². The minimum Gasteiger partial charge on any atom is -0.488 e. The summed E-state index contributed by atoms with van der Waals surface area (Å²) in [4.78, 5) is 0. The molecule has 1 unspecified atom stereocenters. The van der Waals surface area contributed by atoms with Crippen LogP contribution in [0.15, 0.2) is 42.5 Å².